The van der Waals surface area contributed by atoms with E-state index < -0.39 is 0 Å². The van der Waals surface area contributed by atoms with Gasteiger partial charge in [-0.15, -0.1) is 0 Å². The molecule has 0 fully saturated rings. The molecular formula is C21H25ClN2O. The van der Waals surface area contributed by atoms with Gasteiger partial charge in [-0.1, -0.05) is 44.5 Å². The average Bonchev–Trinajstić information content (AvgIpc) is 2.92. The molecule has 0 N–H and O–H groups in total. The molecule has 3 rings (SSSR count). The molecule has 132 valence electrons. The van der Waals surface area contributed by atoms with Gasteiger partial charge in [-0.3, -0.25) is 0 Å². The summed E-state index contributed by atoms with van der Waals surface area (Å²) in [4.78, 5) is 4.84. The third-order valence-corrected chi connectivity index (χ3v) is 4.92. The summed E-state index contributed by atoms with van der Waals surface area (Å²) in [5.41, 5.74) is 4.25. The van der Waals surface area contributed by atoms with Gasteiger partial charge < -0.3 is 9.30 Å². The first-order chi connectivity index (χ1) is 11.8. The summed E-state index contributed by atoms with van der Waals surface area (Å²) in [5.74, 6) is 1.95. The van der Waals surface area contributed by atoms with E-state index in [1.807, 2.05) is 32.0 Å². The number of ether oxygens (including phenoxy) is 1. The average molecular weight is 357 g/mol. The zero-order valence-corrected chi connectivity index (χ0v) is 16.3. The van der Waals surface area contributed by atoms with Gasteiger partial charge in [0.05, 0.1) is 17.6 Å². The number of para-hydroxylation sites is 2. The maximum absolute atomic E-state index is 6.23. The molecule has 0 spiro atoms. The molecule has 25 heavy (non-hydrogen) atoms. The number of halogens is 1. The van der Waals surface area contributed by atoms with Crippen LogP contribution in [0.4, 0.5) is 0 Å². The maximum atomic E-state index is 6.23. The fourth-order valence-electron chi connectivity index (χ4n) is 3.12. The summed E-state index contributed by atoms with van der Waals surface area (Å²) in [6.45, 7) is 11.9. The molecule has 0 aliphatic rings. The van der Waals surface area contributed by atoms with Gasteiger partial charge in [0, 0.05) is 10.4 Å². The molecule has 0 aliphatic heterocycles. The van der Waals surface area contributed by atoms with E-state index in [1.54, 1.807) is 0 Å². The normalized spacial score (nSPS) is 11.9. The molecule has 0 aliphatic carbocycles. The molecule has 0 atom stereocenters. The van der Waals surface area contributed by atoms with Gasteiger partial charge in [0.15, 0.2) is 0 Å². The van der Waals surface area contributed by atoms with Gasteiger partial charge in [0.2, 0.25) is 0 Å². The number of rotatable bonds is 4. The van der Waals surface area contributed by atoms with E-state index in [4.69, 9.17) is 21.3 Å². The molecule has 4 heteroatoms. The van der Waals surface area contributed by atoms with Crippen molar-refractivity contribution in [3.63, 3.8) is 0 Å². The Morgan fingerprint density at radius 3 is 2.36 bits per heavy atom. The Morgan fingerprint density at radius 1 is 1.08 bits per heavy atom. The maximum Gasteiger partial charge on any atom is 0.120 e. The Bertz CT molecular complexity index is 883. The van der Waals surface area contributed by atoms with E-state index in [-0.39, 0.29) is 5.41 Å². The van der Waals surface area contributed by atoms with Crippen molar-refractivity contribution >= 4 is 22.6 Å². The summed E-state index contributed by atoms with van der Waals surface area (Å²) in [5, 5.41) is 0.808. The molecule has 0 radical (unpaired) electrons. The summed E-state index contributed by atoms with van der Waals surface area (Å²) >= 11 is 6.23. The van der Waals surface area contributed by atoms with Crippen molar-refractivity contribution in [1.82, 2.24) is 9.55 Å². The highest BCUT2D eigenvalue weighted by Crippen LogP contribution is 2.28. The number of hydrogen-bond acceptors (Lipinski definition) is 2. The lowest BCUT2D eigenvalue weighted by Gasteiger charge is -2.20. The molecule has 3 aromatic rings. The van der Waals surface area contributed by atoms with Gasteiger partial charge in [-0.05, 0) is 49.2 Å². The highest BCUT2D eigenvalue weighted by molar-refractivity contribution is 6.32. The van der Waals surface area contributed by atoms with Crippen LogP contribution in [-0.2, 0) is 12.0 Å². The van der Waals surface area contributed by atoms with Crippen LogP contribution in [0.2, 0.25) is 5.02 Å². The highest BCUT2D eigenvalue weighted by Gasteiger charge is 2.22. The van der Waals surface area contributed by atoms with Crippen LogP contribution in [0.15, 0.2) is 36.4 Å². The Balaban J connectivity index is 1.84. The SMILES string of the molecule is Cc1cc(OCCn2c(C(C)(C)C)nc3ccccc32)cc(C)c1Cl. The number of imidazole rings is 1. The van der Waals surface area contributed by atoms with Crippen molar-refractivity contribution in [3.05, 3.63) is 58.4 Å². The zero-order chi connectivity index (χ0) is 18.2. The van der Waals surface area contributed by atoms with Crippen LogP contribution in [0.5, 0.6) is 5.75 Å². The van der Waals surface area contributed by atoms with E-state index >= 15 is 0 Å². The first-order valence-corrected chi connectivity index (χ1v) is 9.00. The second kappa shape index (κ2) is 6.72. The monoisotopic (exact) mass is 356 g/mol. The summed E-state index contributed by atoms with van der Waals surface area (Å²) in [6.07, 6.45) is 0. The highest BCUT2D eigenvalue weighted by atomic mass is 35.5. The molecule has 1 heterocycles. The minimum atomic E-state index is -0.0214. The van der Waals surface area contributed by atoms with Crippen molar-refractivity contribution in [2.24, 2.45) is 0 Å². The van der Waals surface area contributed by atoms with Crippen LogP contribution in [0.3, 0.4) is 0 Å². The predicted molar refractivity (Wildman–Crippen MR) is 105 cm³/mol. The van der Waals surface area contributed by atoms with E-state index in [9.17, 15) is 0 Å². The van der Waals surface area contributed by atoms with Crippen LogP contribution < -0.4 is 4.74 Å². The molecule has 2 aromatic carbocycles. The van der Waals surface area contributed by atoms with Crippen molar-refractivity contribution < 1.29 is 4.74 Å². The van der Waals surface area contributed by atoms with Gasteiger partial charge in [0.1, 0.15) is 18.2 Å². The number of aryl methyl sites for hydroxylation is 2. The fourth-order valence-corrected chi connectivity index (χ4v) is 3.23. The standard InChI is InChI=1S/C21H25ClN2O/c1-14-12-16(13-15(2)19(14)22)25-11-10-24-18-9-7-6-8-17(18)23-20(24)21(3,4)5/h6-9,12-13H,10-11H2,1-5H3. The van der Waals surface area contributed by atoms with Crippen LogP contribution in [0.1, 0.15) is 37.7 Å². The number of hydrogen-bond donors (Lipinski definition) is 0. The molecule has 1 aromatic heterocycles. The molecule has 3 nitrogen and oxygen atoms in total. The lowest BCUT2D eigenvalue weighted by Crippen LogP contribution is -2.21. The Labute approximate surface area is 154 Å². The molecule has 0 saturated heterocycles. The third kappa shape index (κ3) is 3.67. The third-order valence-electron chi connectivity index (χ3n) is 4.32. The minimum Gasteiger partial charge on any atom is -0.492 e. The molecule has 0 amide bonds. The topological polar surface area (TPSA) is 27.1 Å². The first kappa shape index (κ1) is 17.8. The second-order valence-corrected chi connectivity index (χ2v) is 7.92. The van der Waals surface area contributed by atoms with Gasteiger partial charge in [-0.25, -0.2) is 4.98 Å². The van der Waals surface area contributed by atoms with Crippen LogP contribution >= 0.6 is 11.6 Å². The van der Waals surface area contributed by atoms with Crippen molar-refractivity contribution in [3.8, 4) is 5.75 Å². The zero-order valence-electron chi connectivity index (χ0n) is 15.6. The molecule has 0 saturated carbocycles. The van der Waals surface area contributed by atoms with Crippen molar-refractivity contribution in [2.45, 2.75) is 46.6 Å². The lowest BCUT2D eigenvalue weighted by atomic mass is 9.95. The Kier molecular flexibility index (Phi) is 4.79. The fraction of sp³-hybridized carbons (Fsp3) is 0.381. The van der Waals surface area contributed by atoms with Gasteiger partial charge >= 0.3 is 0 Å². The number of benzene rings is 2. The van der Waals surface area contributed by atoms with Gasteiger partial charge in [0.25, 0.3) is 0 Å². The second-order valence-electron chi connectivity index (χ2n) is 7.55. The number of nitrogens with zero attached hydrogens (tertiary/aromatic N) is 2. The van der Waals surface area contributed by atoms with Crippen molar-refractivity contribution in [2.75, 3.05) is 6.61 Å². The smallest absolute Gasteiger partial charge is 0.120 e. The number of aromatic nitrogens is 2. The Morgan fingerprint density at radius 2 is 1.72 bits per heavy atom. The predicted octanol–water partition coefficient (Wildman–Crippen LogP) is 5.68. The summed E-state index contributed by atoms with van der Waals surface area (Å²) < 4.78 is 8.27. The van der Waals surface area contributed by atoms with Crippen LogP contribution in [0, 0.1) is 13.8 Å². The van der Waals surface area contributed by atoms with E-state index in [0.717, 1.165) is 45.3 Å². The van der Waals surface area contributed by atoms with Crippen LogP contribution in [-0.4, -0.2) is 16.2 Å². The quantitative estimate of drug-likeness (QED) is 0.601. The molecule has 0 bridgehead atoms. The van der Waals surface area contributed by atoms with E-state index in [1.165, 1.54) is 0 Å². The Hall–Kier alpha value is -2.00. The number of fused-ring (bicyclic) bond motifs is 1. The van der Waals surface area contributed by atoms with Gasteiger partial charge in [-0.2, -0.15) is 0 Å². The molecular weight excluding hydrogens is 332 g/mol. The van der Waals surface area contributed by atoms with Crippen molar-refractivity contribution in [1.29, 1.82) is 0 Å². The summed E-state index contributed by atoms with van der Waals surface area (Å²) in [7, 11) is 0. The van der Waals surface area contributed by atoms with E-state index in [2.05, 4.69) is 43.5 Å². The van der Waals surface area contributed by atoms with E-state index in [0.29, 0.717) is 6.61 Å². The molecule has 0 unspecified atom stereocenters. The lowest BCUT2D eigenvalue weighted by molar-refractivity contribution is 0.294. The largest absolute Gasteiger partial charge is 0.492 e. The minimum absolute atomic E-state index is 0.0214. The van der Waals surface area contributed by atoms with Crippen LogP contribution in [0.25, 0.3) is 11.0 Å². The summed E-state index contributed by atoms with van der Waals surface area (Å²) in [6, 6.07) is 12.3. The first-order valence-electron chi connectivity index (χ1n) is 8.62.